The molecule has 0 aromatic heterocycles. The fourth-order valence-electron chi connectivity index (χ4n) is 4.31. The van der Waals surface area contributed by atoms with Crippen molar-refractivity contribution in [2.24, 2.45) is 35.0 Å². The quantitative estimate of drug-likeness (QED) is 0.737. The van der Waals surface area contributed by atoms with E-state index in [0.717, 1.165) is 29.6 Å². The minimum atomic E-state index is 0.512. The predicted octanol–water partition coefficient (Wildman–Crippen LogP) is 5.11. The van der Waals surface area contributed by atoms with E-state index in [1.54, 1.807) is 0 Å². The summed E-state index contributed by atoms with van der Waals surface area (Å²) in [6, 6.07) is 0. The van der Waals surface area contributed by atoms with Crippen molar-refractivity contribution in [2.75, 3.05) is 13.1 Å². The van der Waals surface area contributed by atoms with Crippen LogP contribution < -0.4 is 5.32 Å². The van der Waals surface area contributed by atoms with Gasteiger partial charge >= 0.3 is 0 Å². The van der Waals surface area contributed by atoms with Gasteiger partial charge in [-0.2, -0.15) is 0 Å². The van der Waals surface area contributed by atoms with Crippen LogP contribution in [0, 0.1) is 35.0 Å². The topological polar surface area (TPSA) is 12.0 Å². The van der Waals surface area contributed by atoms with Crippen LogP contribution in [0.2, 0.25) is 0 Å². The molecular weight excluding hydrogens is 242 g/mol. The van der Waals surface area contributed by atoms with Crippen LogP contribution in [-0.4, -0.2) is 13.1 Å². The molecule has 2 fully saturated rings. The minimum Gasteiger partial charge on any atom is -0.316 e. The molecule has 0 amide bonds. The summed E-state index contributed by atoms with van der Waals surface area (Å²) in [6.45, 7) is 14.4. The van der Waals surface area contributed by atoms with Crippen molar-refractivity contribution < 1.29 is 0 Å². The second kappa shape index (κ2) is 6.81. The fraction of sp³-hybridized carbons (Fsp3) is 1.00. The van der Waals surface area contributed by atoms with Gasteiger partial charge in [0.05, 0.1) is 0 Å². The van der Waals surface area contributed by atoms with Gasteiger partial charge in [0, 0.05) is 0 Å². The van der Waals surface area contributed by atoms with Crippen molar-refractivity contribution in [3.63, 3.8) is 0 Å². The van der Waals surface area contributed by atoms with Gasteiger partial charge in [0.15, 0.2) is 0 Å². The van der Waals surface area contributed by atoms with Crippen LogP contribution in [0.15, 0.2) is 0 Å². The highest BCUT2D eigenvalue weighted by atomic mass is 14.9. The maximum atomic E-state index is 3.74. The molecule has 2 saturated carbocycles. The smallest absolute Gasteiger partial charge is 0.00176 e. The number of nitrogens with one attached hydrogen (secondary N) is 1. The van der Waals surface area contributed by atoms with Crippen molar-refractivity contribution in [3.8, 4) is 0 Å². The first-order valence-electron chi connectivity index (χ1n) is 9.08. The van der Waals surface area contributed by atoms with Crippen molar-refractivity contribution >= 4 is 0 Å². The van der Waals surface area contributed by atoms with Crippen LogP contribution in [0.5, 0.6) is 0 Å². The summed E-state index contributed by atoms with van der Waals surface area (Å²) in [4.78, 5) is 0. The van der Waals surface area contributed by atoms with Gasteiger partial charge in [-0.15, -0.1) is 0 Å². The zero-order valence-corrected chi connectivity index (χ0v) is 14.5. The van der Waals surface area contributed by atoms with Crippen LogP contribution >= 0.6 is 0 Å². The normalized spacial score (nSPS) is 32.4. The van der Waals surface area contributed by atoms with Crippen LogP contribution in [0.1, 0.15) is 73.1 Å². The van der Waals surface area contributed by atoms with E-state index in [-0.39, 0.29) is 0 Å². The van der Waals surface area contributed by atoms with Crippen LogP contribution in [0.3, 0.4) is 0 Å². The van der Waals surface area contributed by atoms with Crippen molar-refractivity contribution in [1.29, 1.82) is 0 Å². The van der Waals surface area contributed by atoms with E-state index < -0.39 is 0 Å². The molecule has 1 N–H and O–H groups in total. The molecule has 0 radical (unpaired) electrons. The zero-order chi connectivity index (χ0) is 14.8. The summed E-state index contributed by atoms with van der Waals surface area (Å²) in [7, 11) is 0. The van der Waals surface area contributed by atoms with Crippen molar-refractivity contribution in [3.05, 3.63) is 0 Å². The number of hydrogen-bond donors (Lipinski definition) is 1. The Hall–Kier alpha value is -0.0400. The minimum absolute atomic E-state index is 0.512. The third-order valence-corrected chi connectivity index (χ3v) is 5.99. The molecule has 2 rings (SSSR count). The van der Waals surface area contributed by atoms with Gasteiger partial charge in [-0.3, -0.25) is 0 Å². The van der Waals surface area contributed by atoms with Crippen LogP contribution in [0.4, 0.5) is 0 Å². The molecule has 0 aliphatic heterocycles. The average molecular weight is 280 g/mol. The molecular formula is C19H37N. The van der Waals surface area contributed by atoms with Crippen molar-refractivity contribution in [1.82, 2.24) is 5.32 Å². The lowest BCUT2D eigenvalue weighted by Crippen LogP contribution is -2.41. The standard InChI is InChI=1S/C19H37N/c1-14(2)12-20-13-16-9-10-17(19(3,4)5)11-18(16)15-7-6-8-15/h14-18,20H,6-13H2,1-5H3. The van der Waals surface area contributed by atoms with Gasteiger partial charge in [-0.1, -0.05) is 53.9 Å². The first-order chi connectivity index (χ1) is 9.38. The summed E-state index contributed by atoms with van der Waals surface area (Å²) in [5, 5.41) is 3.74. The largest absolute Gasteiger partial charge is 0.316 e. The molecule has 2 aliphatic carbocycles. The molecule has 0 saturated heterocycles. The molecule has 1 heteroatoms. The van der Waals surface area contributed by atoms with Crippen LogP contribution in [-0.2, 0) is 0 Å². The van der Waals surface area contributed by atoms with Gasteiger partial charge in [-0.25, -0.2) is 0 Å². The summed E-state index contributed by atoms with van der Waals surface area (Å²) in [5.74, 6) is 4.77. The Morgan fingerprint density at radius 2 is 1.75 bits per heavy atom. The Bertz CT molecular complexity index is 285. The highest BCUT2D eigenvalue weighted by Gasteiger charge is 2.40. The van der Waals surface area contributed by atoms with E-state index in [4.69, 9.17) is 0 Å². The number of rotatable bonds is 5. The van der Waals surface area contributed by atoms with Gasteiger partial charge < -0.3 is 5.32 Å². The Balaban J connectivity index is 1.90. The molecule has 0 bridgehead atoms. The lowest BCUT2D eigenvalue weighted by Gasteiger charge is -2.47. The van der Waals surface area contributed by atoms with Crippen molar-refractivity contribution in [2.45, 2.75) is 73.1 Å². The first kappa shape index (κ1) is 16.3. The molecule has 1 nitrogen and oxygen atoms in total. The van der Waals surface area contributed by atoms with Gasteiger partial charge in [0.1, 0.15) is 0 Å². The van der Waals surface area contributed by atoms with E-state index in [2.05, 4.69) is 39.9 Å². The highest BCUT2D eigenvalue weighted by Crippen LogP contribution is 2.49. The third kappa shape index (κ3) is 4.23. The molecule has 2 aliphatic rings. The van der Waals surface area contributed by atoms with Gasteiger partial charge in [-0.05, 0) is 67.4 Å². The molecule has 118 valence electrons. The van der Waals surface area contributed by atoms with Gasteiger partial charge in [0.25, 0.3) is 0 Å². The van der Waals surface area contributed by atoms with Gasteiger partial charge in [0.2, 0.25) is 0 Å². The molecule has 3 atom stereocenters. The monoisotopic (exact) mass is 279 g/mol. The lowest BCUT2D eigenvalue weighted by atomic mass is 9.59. The summed E-state index contributed by atoms with van der Waals surface area (Å²) in [5.41, 5.74) is 0.512. The molecule has 0 spiro atoms. The highest BCUT2D eigenvalue weighted by molar-refractivity contribution is 4.91. The van der Waals surface area contributed by atoms with E-state index >= 15 is 0 Å². The second-order valence-corrected chi connectivity index (χ2v) is 9.04. The fourth-order valence-corrected chi connectivity index (χ4v) is 4.31. The second-order valence-electron chi connectivity index (χ2n) is 9.04. The van der Waals surface area contributed by atoms with E-state index in [0.29, 0.717) is 5.41 Å². The zero-order valence-electron chi connectivity index (χ0n) is 14.5. The maximum absolute atomic E-state index is 3.74. The Morgan fingerprint density at radius 1 is 1.05 bits per heavy atom. The lowest BCUT2D eigenvalue weighted by molar-refractivity contribution is 0.0361. The third-order valence-electron chi connectivity index (χ3n) is 5.99. The van der Waals surface area contributed by atoms with E-state index in [1.807, 2.05) is 0 Å². The molecule has 20 heavy (non-hydrogen) atoms. The summed E-state index contributed by atoms with van der Waals surface area (Å²) in [6.07, 6.45) is 8.95. The first-order valence-corrected chi connectivity index (χ1v) is 9.08. The molecule has 0 aromatic carbocycles. The van der Waals surface area contributed by atoms with E-state index in [9.17, 15) is 0 Å². The number of hydrogen-bond acceptors (Lipinski definition) is 1. The Morgan fingerprint density at radius 3 is 2.25 bits per heavy atom. The molecule has 0 aromatic rings. The summed E-state index contributed by atoms with van der Waals surface area (Å²) >= 11 is 0. The Labute approximate surface area is 127 Å². The molecule has 0 heterocycles. The SMILES string of the molecule is CC(C)CNCC1CCC(C(C)(C)C)CC1C1CCC1. The average Bonchev–Trinajstić information content (AvgIpc) is 2.26. The predicted molar refractivity (Wildman–Crippen MR) is 88.8 cm³/mol. The summed E-state index contributed by atoms with van der Waals surface area (Å²) < 4.78 is 0. The van der Waals surface area contributed by atoms with Crippen LogP contribution in [0.25, 0.3) is 0 Å². The molecule has 3 unspecified atom stereocenters. The Kier molecular flexibility index (Phi) is 5.56. The van der Waals surface area contributed by atoms with E-state index in [1.165, 1.54) is 51.6 Å². The maximum Gasteiger partial charge on any atom is -0.00176 e.